The highest BCUT2D eigenvalue weighted by atomic mass is 35.5. The molecule has 1 amide bonds. The largest absolute Gasteiger partial charge is 0.347 e. The second kappa shape index (κ2) is 6.40. The normalized spacial score (nSPS) is 17.4. The van der Waals surface area contributed by atoms with Gasteiger partial charge in [0.05, 0.1) is 5.54 Å². The van der Waals surface area contributed by atoms with E-state index in [0.29, 0.717) is 13.0 Å². The van der Waals surface area contributed by atoms with E-state index in [1.807, 2.05) is 25.2 Å². The number of hydrogen-bond acceptors (Lipinski definition) is 2. The van der Waals surface area contributed by atoms with Crippen molar-refractivity contribution in [3.8, 4) is 0 Å². The molecule has 0 aromatic heterocycles. The fraction of sp³-hybridized carbons (Fsp3) is 0.533. The first kappa shape index (κ1) is 14.4. The monoisotopic (exact) mass is 280 g/mol. The maximum absolute atomic E-state index is 12.0. The molecular formula is C15H21ClN2O. The van der Waals surface area contributed by atoms with E-state index >= 15 is 0 Å². The van der Waals surface area contributed by atoms with Gasteiger partial charge in [0.2, 0.25) is 5.91 Å². The van der Waals surface area contributed by atoms with E-state index in [4.69, 9.17) is 11.6 Å². The first-order chi connectivity index (χ1) is 9.16. The zero-order valence-electron chi connectivity index (χ0n) is 11.3. The summed E-state index contributed by atoms with van der Waals surface area (Å²) in [6.07, 6.45) is 4.81. The molecule has 2 N–H and O–H groups in total. The highest BCUT2D eigenvalue weighted by Crippen LogP contribution is 2.39. The van der Waals surface area contributed by atoms with Crippen LogP contribution in [0.15, 0.2) is 24.3 Å². The molecule has 0 spiro atoms. The van der Waals surface area contributed by atoms with Crippen molar-refractivity contribution < 1.29 is 4.79 Å². The summed E-state index contributed by atoms with van der Waals surface area (Å²) in [7, 11) is 1.86. The summed E-state index contributed by atoms with van der Waals surface area (Å²) in [5.74, 6) is 0.108. The van der Waals surface area contributed by atoms with E-state index in [9.17, 15) is 4.79 Å². The van der Waals surface area contributed by atoms with Crippen LogP contribution in [0.1, 0.15) is 37.7 Å². The number of rotatable bonds is 5. The Labute approximate surface area is 119 Å². The van der Waals surface area contributed by atoms with Crippen LogP contribution in [0.4, 0.5) is 0 Å². The van der Waals surface area contributed by atoms with Crippen molar-refractivity contribution in [2.24, 2.45) is 0 Å². The number of hydrogen-bond donors (Lipinski definition) is 2. The summed E-state index contributed by atoms with van der Waals surface area (Å²) in [6.45, 7) is 0.706. The lowest BCUT2D eigenvalue weighted by atomic mass is 9.88. The molecule has 0 atom stereocenters. The number of halogens is 1. The zero-order chi connectivity index (χ0) is 13.7. The Morgan fingerprint density at radius 2 is 2.11 bits per heavy atom. The van der Waals surface area contributed by atoms with Crippen molar-refractivity contribution in [3.63, 3.8) is 0 Å². The van der Waals surface area contributed by atoms with Crippen molar-refractivity contribution in [2.45, 2.75) is 37.6 Å². The molecule has 0 unspecified atom stereocenters. The fourth-order valence-electron chi connectivity index (χ4n) is 2.82. The van der Waals surface area contributed by atoms with E-state index in [1.165, 1.54) is 0 Å². The highest BCUT2D eigenvalue weighted by Gasteiger charge is 2.36. The van der Waals surface area contributed by atoms with Crippen molar-refractivity contribution in [2.75, 3.05) is 13.6 Å². The van der Waals surface area contributed by atoms with Crippen LogP contribution < -0.4 is 10.6 Å². The lowest BCUT2D eigenvalue weighted by Crippen LogP contribution is -2.44. The fourth-order valence-corrected chi connectivity index (χ4v) is 3.01. The smallest absolute Gasteiger partial charge is 0.221 e. The average molecular weight is 281 g/mol. The Bertz CT molecular complexity index is 442. The lowest BCUT2D eigenvalue weighted by Gasteiger charge is -2.31. The third-order valence-corrected chi connectivity index (χ3v) is 4.05. The van der Waals surface area contributed by atoms with Crippen LogP contribution >= 0.6 is 11.6 Å². The minimum atomic E-state index is -0.213. The van der Waals surface area contributed by atoms with Gasteiger partial charge < -0.3 is 10.6 Å². The molecule has 0 saturated heterocycles. The first-order valence-electron chi connectivity index (χ1n) is 6.88. The Morgan fingerprint density at radius 3 is 2.74 bits per heavy atom. The minimum Gasteiger partial charge on any atom is -0.347 e. The van der Waals surface area contributed by atoms with Gasteiger partial charge in [0.1, 0.15) is 0 Å². The van der Waals surface area contributed by atoms with Gasteiger partial charge in [0, 0.05) is 18.0 Å². The minimum absolute atomic E-state index is 0.108. The number of amides is 1. The van der Waals surface area contributed by atoms with Crippen LogP contribution in [0.25, 0.3) is 0 Å². The van der Waals surface area contributed by atoms with Gasteiger partial charge in [-0.1, -0.05) is 36.6 Å². The van der Waals surface area contributed by atoms with Crippen LogP contribution in [0.2, 0.25) is 5.02 Å². The molecule has 3 nitrogen and oxygen atoms in total. The Morgan fingerprint density at radius 1 is 1.37 bits per heavy atom. The SMILES string of the molecule is CNCCC(=O)NC1(c2cccc(Cl)c2)CCCC1. The summed E-state index contributed by atoms with van der Waals surface area (Å²) in [5.41, 5.74) is 0.922. The molecular weight excluding hydrogens is 260 g/mol. The van der Waals surface area contributed by atoms with E-state index in [0.717, 1.165) is 36.3 Å². The average Bonchev–Trinajstić information content (AvgIpc) is 2.86. The third-order valence-electron chi connectivity index (χ3n) is 3.82. The van der Waals surface area contributed by atoms with E-state index in [2.05, 4.69) is 16.7 Å². The number of nitrogens with one attached hydrogen (secondary N) is 2. The van der Waals surface area contributed by atoms with Crippen molar-refractivity contribution in [3.05, 3.63) is 34.9 Å². The summed E-state index contributed by atoms with van der Waals surface area (Å²) in [6, 6.07) is 7.87. The molecule has 1 aliphatic carbocycles. The molecule has 0 bridgehead atoms. The Kier molecular flexibility index (Phi) is 4.83. The van der Waals surface area contributed by atoms with Crippen LogP contribution in [-0.2, 0) is 10.3 Å². The standard InChI is InChI=1S/C15H21ClN2O/c1-17-10-7-14(19)18-15(8-2-3-9-15)12-5-4-6-13(16)11-12/h4-6,11,17H,2-3,7-10H2,1H3,(H,18,19). The highest BCUT2D eigenvalue weighted by molar-refractivity contribution is 6.30. The Balaban J connectivity index is 2.16. The molecule has 19 heavy (non-hydrogen) atoms. The van der Waals surface area contributed by atoms with Crippen LogP contribution in [0, 0.1) is 0 Å². The summed E-state index contributed by atoms with van der Waals surface area (Å²) >= 11 is 6.08. The molecule has 0 aliphatic heterocycles. The quantitative estimate of drug-likeness (QED) is 0.871. The van der Waals surface area contributed by atoms with E-state index in [1.54, 1.807) is 0 Å². The van der Waals surface area contributed by atoms with Crippen LogP contribution in [0.5, 0.6) is 0 Å². The van der Waals surface area contributed by atoms with Crippen molar-refractivity contribution in [1.82, 2.24) is 10.6 Å². The molecule has 2 rings (SSSR count). The first-order valence-corrected chi connectivity index (χ1v) is 7.26. The molecule has 1 aromatic rings. The molecule has 1 saturated carbocycles. The lowest BCUT2D eigenvalue weighted by molar-refractivity contribution is -0.123. The molecule has 0 heterocycles. The summed E-state index contributed by atoms with van der Waals surface area (Å²) in [5, 5.41) is 6.97. The van der Waals surface area contributed by atoms with Gasteiger partial charge in [0.15, 0.2) is 0 Å². The molecule has 0 radical (unpaired) electrons. The zero-order valence-corrected chi connectivity index (χ0v) is 12.1. The Hall–Kier alpha value is -1.06. The maximum Gasteiger partial charge on any atom is 0.221 e. The molecule has 1 aromatic carbocycles. The van der Waals surface area contributed by atoms with Gasteiger partial charge in [-0.3, -0.25) is 4.79 Å². The maximum atomic E-state index is 12.0. The molecule has 104 valence electrons. The third kappa shape index (κ3) is 3.48. The second-order valence-corrected chi connectivity index (χ2v) is 5.64. The molecule has 1 fully saturated rings. The van der Waals surface area contributed by atoms with Gasteiger partial charge in [-0.05, 0) is 37.6 Å². The number of benzene rings is 1. The van der Waals surface area contributed by atoms with E-state index in [-0.39, 0.29) is 11.4 Å². The van der Waals surface area contributed by atoms with Crippen molar-refractivity contribution >= 4 is 17.5 Å². The topological polar surface area (TPSA) is 41.1 Å². The number of carbonyl (C=O) groups excluding carboxylic acids is 1. The summed E-state index contributed by atoms with van der Waals surface area (Å²) in [4.78, 5) is 12.0. The second-order valence-electron chi connectivity index (χ2n) is 5.20. The predicted molar refractivity (Wildman–Crippen MR) is 78.3 cm³/mol. The summed E-state index contributed by atoms with van der Waals surface area (Å²) < 4.78 is 0. The van der Waals surface area contributed by atoms with Crippen molar-refractivity contribution in [1.29, 1.82) is 0 Å². The van der Waals surface area contributed by atoms with Gasteiger partial charge in [0.25, 0.3) is 0 Å². The van der Waals surface area contributed by atoms with E-state index < -0.39 is 0 Å². The van der Waals surface area contributed by atoms with Gasteiger partial charge in [-0.15, -0.1) is 0 Å². The van der Waals surface area contributed by atoms with Gasteiger partial charge >= 0.3 is 0 Å². The predicted octanol–water partition coefficient (Wildman–Crippen LogP) is 2.84. The molecule has 4 heteroatoms. The van der Waals surface area contributed by atoms with Gasteiger partial charge in [-0.25, -0.2) is 0 Å². The van der Waals surface area contributed by atoms with Crippen LogP contribution in [0.3, 0.4) is 0 Å². The van der Waals surface area contributed by atoms with Crippen LogP contribution in [-0.4, -0.2) is 19.5 Å². The molecule has 1 aliphatic rings. The van der Waals surface area contributed by atoms with Gasteiger partial charge in [-0.2, -0.15) is 0 Å². The number of carbonyl (C=O) groups is 1.